The van der Waals surface area contributed by atoms with Crippen molar-refractivity contribution in [2.45, 2.75) is 10.4 Å². The maximum absolute atomic E-state index is 12.9. The van der Waals surface area contributed by atoms with Crippen LogP contribution in [0.25, 0.3) is 0 Å². The van der Waals surface area contributed by atoms with Crippen molar-refractivity contribution in [1.29, 1.82) is 0 Å². The highest BCUT2D eigenvalue weighted by Crippen LogP contribution is 2.27. The zero-order valence-corrected chi connectivity index (χ0v) is 16.8. The largest absolute Gasteiger partial charge is 0.340 e. The van der Waals surface area contributed by atoms with Crippen LogP contribution in [0.1, 0.15) is 10.4 Å². The lowest BCUT2D eigenvalue weighted by molar-refractivity contribution is -0.115. The molecule has 1 aromatic heterocycles. The molecule has 0 fully saturated rings. The third-order valence-electron chi connectivity index (χ3n) is 3.43. The molecule has 3 aromatic rings. The highest BCUT2D eigenvalue weighted by Gasteiger charge is 2.31. The summed E-state index contributed by atoms with van der Waals surface area (Å²) in [6, 6.07) is 13.3. The summed E-state index contributed by atoms with van der Waals surface area (Å²) in [5.74, 6) is -0.873. The topological polar surface area (TPSA) is 74.8 Å². The lowest BCUT2D eigenvalue weighted by Gasteiger charge is -2.15. The maximum atomic E-state index is 12.9. The number of imidazole rings is 1. The zero-order valence-electron chi connectivity index (χ0n) is 13.7. The van der Waals surface area contributed by atoms with Crippen LogP contribution in [-0.2, 0) is 4.79 Å². The predicted octanol–water partition coefficient (Wildman–Crippen LogP) is 5.12. The number of nitrogens with zero attached hydrogens (tertiary/aromatic N) is 1. The minimum absolute atomic E-state index is 0. The lowest BCUT2D eigenvalue weighted by Crippen LogP contribution is -2.33. The Kier molecular flexibility index (Phi) is 7.74. The number of hydrogen-bond donors (Lipinski definition) is 2. The Balaban J connectivity index is 0.00000261. The van der Waals surface area contributed by atoms with Crippen LogP contribution in [0.3, 0.4) is 0 Å². The van der Waals surface area contributed by atoms with Crippen LogP contribution in [0.2, 0.25) is 10.0 Å². The third kappa shape index (κ3) is 5.49. The van der Waals surface area contributed by atoms with Crippen LogP contribution in [0, 0.1) is 0 Å². The fourth-order valence-electron chi connectivity index (χ4n) is 2.20. The number of aromatic amines is 1. The number of thioether (sulfide) groups is 1. The standard InChI is InChI=1S/C18H13Cl2N3O2S.ClH/c19-11-5-7-12(8-6-11)23-17(25)16(26-18-21-9-10-22-18)15(24)13-3-1-2-4-14(13)20;/h1-10,16H,(H,21,22)(H,23,25);1H. The second-order valence-corrected chi connectivity index (χ2v) is 7.17. The molecule has 0 bridgehead atoms. The van der Waals surface area contributed by atoms with Crippen molar-refractivity contribution in [3.63, 3.8) is 0 Å². The first-order valence-corrected chi connectivity index (χ1v) is 9.19. The quantitative estimate of drug-likeness (QED) is 0.316. The van der Waals surface area contributed by atoms with Gasteiger partial charge in [0.1, 0.15) is 0 Å². The normalized spacial score (nSPS) is 11.3. The van der Waals surface area contributed by atoms with Gasteiger partial charge in [0.25, 0.3) is 0 Å². The number of halogens is 3. The molecule has 5 nitrogen and oxygen atoms in total. The smallest absolute Gasteiger partial charge is 0.245 e. The zero-order chi connectivity index (χ0) is 18.5. The molecule has 140 valence electrons. The van der Waals surface area contributed by atoms with Crippen molar-refractivity contribution >= 4 is 64.7 Å². The van der Waals surface area contributed by atoms with E-state index in [0.717, 1.165) is 11.8 Å². The number of H-pyrrole nitrogens is 1. The Bertz CT molecular complexity index is 918. The van der Waals surface area contributed by atoms with Crippen molar-refractivity contribution < 1.29 is 9.59 Å². The summed E-state index contributed by atoms with van der Waals surface area (Å²) in [6.45, 7) is 0. The van der Waals surface area contributed by atoms with E-state index in [0.29, 0.717) is 20.9 Å². The van der Waals surface area contributed by atoms with Crippen LogP contribution < -0.4 is 5.32 Å². The maximum Gasteiger partial charge on any atom is 0.245 e. The monoisotopic (exact) mass is 441 g/mol. The molecule has 2 N–H and O–H groups in total. The Morgan fingerprint density at radius 3 is 2.41 bits per heavy atom. The summed E-state index contributed by atoms with van der Waals surface area (Å²) in [6.07, 6.45) is 3.17. The summed E-state index contributed by atoms with van der Waals surface area (Å²) in [5.41, 5.74) is 0.820. The number of Topliss-reactive ketones (excluding diaryl/α,β-unsaturated/α-hetero) is 1. The van der Waals surface area contributed by atoms with Gasteiger partial charge in [-0.3, -0.25) is 9.59 Å². The number of aromatic nitrogens is 2. The van der Waals surface area contributed by atoms with Gasteiger partial charge in [-0.25, -0.2) is 4.98 Å². The van der Waals surface area contributed by atoms with Gasteiger partial charge in [0.2, 0.25) is 5.91 Å². The van der Waals surface area contributed by atoms with Gasteiger partial charge in [-0.1, -0.05) is 47.1 Å². The number of carbonyl (C=O) groups excluding carboxylic acids is 2. The number of benzene rings is 2. The van der Waals surface area contributed by atoms with Crippen molar-refractivity contribution in [3.8, 4) is 0 Å². The molecular formula is C18H14Cl3N3O2S. The lowest BCUT2D eigenvalue weighted by atomic mass is 10.1. The molecule has 0 aliphatic heterocycles. The minimum Gasteiger partial charge on any atom is -0.340 e. The number of nitrogens with one attached hydrogen (secondary N) is 2. The van der Waals surface area contributed by atoms with E-state index in [1.807, 2.05) is 0 Å². The van der Waals surface area contributed by atoms with Crippen LogP contribution in [0.5, 0.6) is 0 Å². The average Bonchev–Trinajstić information content (AvgIpc) is 3.15. The van der Waals surface area contributed by atoms with E-state index in [1.54, 1.807) is 60.9 Å². The van der Waals surface area contributed by atoms with Gasteiger partial charge in [0.15, 0.2) is 16.2 Å². The average molecular weight is 443 g/mol. The second-order valence-electron chi connectivity index (χ2n) is 5.23. The summed E-state index contributed by atoms with van der Waals surface area (Å²) in [5, 5.41) is 2.97. The van der Waals surface area contributed by atoms with Gasteiger partial charge in [-0.2, -0.15) is 0 Å². The Labute approximate surface area is 176 Å². The molecule has 0 saturated carbocycles. The van der Waals surface area contributed by atoms with E-state index in [9.17, 15) is 9.59 Å². The van der Waals surface area contributed by atoms with Crippen LogP contribution >= 0.6 is 47.4 Å². The SMILES string of the molecule is Cl.O=C(Nc1ccc(Cl)cc1)C(Sc1ncc[nH]1)C(=O)c1ccccc1Cl. The summed E-state index contributed by atoms with van der Waals surface area (Å²) >= 11 is 13.0. The van der Waals surface area contributed by atoms with E-state index < -0.39 is 16.9 Å². The Morgan fingerprint density at radius 1 is 1.07 bits per heavy atom. The minimum atomic E-state index is -1.06. The van der Waals surface area contributed by atoms with Crippen molar-refractivity contribution in [3.05, 3.63) is 76.5 Å². The fourth-order valence-corrected chi connectivity index (χ4v) is 3.43. The molecule has 1 atom stereocenters. The van der Waals surface area contributed by atoms with Gasteiger partial charge < -0.3 is 10.3 Å². The molecule has 0 radical (unpaired) electrons. The molecule has 2 aromatic carbocycles. The molecule has 0 aliphatic rings. The molecule has 1 unspecified atom stereocenters. The Morgan fingerprint density at radius 2 is 1.78 bits per heavy atom. The van der Waals surface area contributed by atoms with Gasteiger partial charge in [-0.15, -0.1) is 12.4 Å². The van der Waals surface area contributed by atoms with E-state index in [1.165, 1.54) is 0 Å². The molecular weight excluding hydrogens is 429 g/mol. The molecule has 9 heteroatoms. The highest BCUT2D eigenvalue weighted by atomic mass is 35.5. The van der Waals surface area contributed by atoms with Crippen molar-refractivity contribution in [2.24, 2.45) is 0 Å². The first kappa shape index (κ1) is 21.3. The molecule has 27 heavy (non-hydrogen) atoms. The van der Waals surface area contributed by atoms with Crippen molar-refractivity contribution in [2.75, 3.05) is 5.32 Å². The fraction of sp³-hybridized carbons (Fsp3) is 0.0556. The summed E-state index contributed by atoms with van der Waals surface area (Å²) in [7, 11) is 0. The van der Waals surface area contributed by atoms with Crippen LogP contribution in [0.15, 0.2) is 66.1 Å². The second kappa shape index (κ2) is 9.80. The number of rotatable bonds is 6. The number of anilines is 1. The number of amides is 1. The molecule has 0 spiro atoms. The molecule has 1 amide bonds. The third-order valence-corrected chi connectivity index (χ3v) is 5.12. The number of ketones is 1. The summed E-state index contributed by atoms with van der Waals surface area (Å²) < 4.78 is 0. The van der Waals surface area contributed by atoms with Gasteiger partial charge >= 0.3 is 0 Å². The van der Waals surface area contributed by atoms with Crippen LogP contribution in [0.4, 0.5) is 5.69 Å². The van der Waals surface area contributed by atoms with Gasteiger partial charge in [0, 0.05) is 28.7 Å². The van der Waals surface area contributed by atoms with Gasteiger partial charge in [0.05, 0.1) is 5.02 Å². The van der Waals surface area contributed by atoms with E-state index >= 15 is 0 Å². The van der Waals surface area contributed by atoms with Crippen LogP contribution in [-0.4, -0.2) is 26.9 Å². The molecule has 0 saturated heterocycles. The number of hydrogen-bond acceptors (Lipinski definition) is 4. The highest BCUT2D eigenvalue weighted by molar-refractivity contribution is 8.01. The predicted molar refractivity (Wildman–Crippen MR) is 111 cm³/mol. The molecule has 1 heterocycles. The first-order valence-electron chi connectivity index (χ1n) is 7.56. The van der Waals surface area contributed by atoms with Crippen molar-refractivity contribution in [1.82, 2.24) is 9.97 Å². The first-order chi connectivity index (χ1) is 12.5. The Hall–Kier alpha value is -1.99. The summed E-state index contributed by atoms with van der Waals surface area (Å²) in [4.78, 5) is 32.7. The van der Waals surface area contributed by atoms with Gasteiger partial charge in [-0.05, 0) is 36.4 Å². The number of carbonyl (C=O) groups is 2. The van der Waals surface area contributed by atoms with E-state index in [4.69, 9.17) is 23.2 Å². The van der Waals surface area contributed by atoms with E-state index in [2.05, 4.69) is 15.3 Å². The molecule has 3 rings (SSSR count). The molecule has 0 aliphatic carbocycles. The van der Waals surface area contributed by atoms with E-state index in [-0.39, 0.29) is 18.0 Å².